The molecule has 0 amide bonds. The smallest absolute Gasteiger partial charge is 0.129 e. The maximum atomic E-state index is 5.98. The highest BCUT2D eigenvalue weighted by molar-refractivity contribution is 6.32. The predicted octanol–water partition coefficient (Wildman–Crippen LogP) is 3.54. The van der Waals surface area contributed by atoms with Gasteiger partial charge >= 0.3 is 0 Å². The van der Waals surface area contributed by atoms with Crippen LogP contribution < -0.4 is 0 Å². The molecule has 0 spiro atoms. The maximum Gasteiger partial charge on any atom is 0.129 e. The van der Waals surface area contributed by atoms with Crippen molar-refractivity contribution >= 4 is 23.2 Å². The zero-order chi connectivity index (χ0) is 12.8. The Labute approximate surface area is 116 Å². The zero-order valence-electron chi connectivity index (χ0n) is 9.64. The molecule has 2 aromatic rings. The van der Waals surface area contributed by atoms with E-state index in [4.69, 9.17) is 27.9 Å². The Morgan fingerprint density at radius 3 is 2.78 bits per heavy atom. The van der Waals surface area contributed by atoms with Gasteiger partial charge < -0.3 is 4.74 Å². The van der Waals surface area contributed by atoms with Gasteiger partial charge in [0.1, 0.15) is 5.15 Å². The molecule has 0 radical (unpaired) electrons. The number of halogens is 2. The van der Waals surface area contributed by atoms with Crippen LogP contribution in [0, 0.1) is 0 Å². The van der Waals surface area contributed by atoms with Crippen LogP contribution in [-0.4, -0.2) is 16.6 Å². The second kappa shape index (κ2) is 6.69. The van der Waals surface area contributed by atoms with Crippen molar-refractivity contribution in [2.24, 2.45) is 0 Å². The normalized spacial score (nSPS) is 10.6. The van der Waals surface area contributed by atoms with Gasteiger partial charge in [-0.25, -0.2) is 4.98 Å². The summed E-state index contributed by atoms with van der Waals surface area (Å²) < 4.78 is 5.51. The van der Waals surface area contributed by atoms with E-state index in [9.17, 15) is 0 Å². The van der Waals surface area contributed by atoms with Crippen molar-refractivity contribution in [3.8, 4) is 0 Å². The summed E-state index contributed by atoms with van der Waals surface area (Å²) in [5.41, 5.74) is 1.66. The summed E-state index contributed by atoms with van der Waals surface area (Å²) in [5, 5.41) is 0.986. The first-order valence-corrected chi connectivity index (χ1v) is 6.30. The monoisotopic (exact) mass is 282 g/mol. The highest BCUT2D eigenvalue weighted by atomic mass is 35.5. The minimum absolute atomic E-state index is 0.353. The largest absolute Gasteiger partial charge is 0.375 e. The molecular formula is C13H12Cl2N2O. The second-order valence-corrected chi connectivity index (χ2v) is 4.48. The van der Waals surface area contributed by atoms with Crippen LogP contribution in [0.1, 0.15) is 11.4 Å². The Morgan fingerprint density at radius 2 is 2.00 bits per heavy atom. The van der Waals surface area contributed by atoms with Gasteiger partial charge in [-0.2, -0.15) is 0 Å². The van der Waals surface area contributed by atoms with E-state index in [1.807, 2.05) is 18.2 Å². The first kappa shape index (κ1) is 13.3. The van der Waals surface area contributed by atoms with E-state index in [0.717, 1.165) is 12.1 Å². The number of aromatic nitrogens is 2. The molecule has 2 rings (SSSR count). The van der Waals surface area contributed by atoms with E-state index < -0.39 is 0 Å². The molecule has 0 bridgehead atoms. The molecule has 0 unspecified atom stereocenters. The highest BCUT2D eigenvalue weighted by Gasteiger charge is 2.03. The molecule has 2 aromatic heterocycles. The van der Waals surface area contributed by atoms with Crippen molar-refractivity contribution < 1.29 is 4.74 Å². The number of hydrogen-bond donors (Lipinski definition) is 0. The Bertz CT molecular complexity index is 506. The van der Waals surface area contributed by atoms with Crippen LogP contribution in [0.25, 0.3) is 0 Å². The van der Waals surface area contributed by atoms with Crippen LogP contribution in [-0.2, 0) is 17.8 Å². The third kappa shape index (κ3) is 3.95. The predicted molar refractivity (Wildman–Crippen MR) is 71.9 cm³/mol. The van der Waals surface area contributed by atoms with E-state index in [0.29, 0.717) is 29.1 Å². The van der Waals surface area contributed by atoms with Gasteiger partial charge in [-0.15, -0.1) is 0 Å². The van der Waals surface area contributed by atoms with Gasteiger partial charge in [-0.05, 0) is 24.3 Å². The fourth-order valence-electron chi connectivity index (χ4n) is 1.45. The quantitative estimate of drug-likeness (QED) is 0.622. The molecule has 3 nitrogen and oxygen atoms in total. The third-order valence-electron chi connectivity index (χ3n) is 2.35. The molecular weight excluding hydrogens is 271 g/mol. The van der Waals surface area contributed by atoms with Gasteiger partial charge in [0.25, 0.3) is 0 Å². The lowest BCUT2D eigenvalue weighted by Crippen LogP contribution is -2.02. The Kier molecular flexibility index (Phi) is 4.93. The molecule has 2 heterocycles. The summed E-state index contributed by atoms with van der Waals surface area (Å²) in [6, 6.07) is 9.18. The van der Waals surface area contributed by atoms with Crippen LogP contribution >= 0.6 is 23.2 Å². The molecule has 0 aliphatic rings. The summed E-state index contributed by atoms with van der Waals surface area (Å²) in [6.45, 7) is 0.924. The van der Waals surface area contributed by atoms with Gasteiger partial charge in [0.05, 0.1) is 23.9 Å². The van der Waals surface area contributed by atoms with Crippen LogP contribution in [0.2, 0.25) is 10.2 Å². The SMILES string of the molecule is Clc1ccc(Cl)c(COCCc2ccccn2)n1. The number of ether oxygens (including phenoxy) is 1. The molecule has 0 aliphatic carbocycles. The van der Waals surface area contributed by atoms with E-state index in [1.165, 1.54) is 0 Å². The molecule has 0 atom stereocenters. The number of pyridine rings is 2. The molecule has 0 aliphatic heterocycles. The minimum Gasteiger partial charge on any atom is -0.375 e. The zero-order valence-corrected chi connectivity index (χ0v) is 11.2. The number of rotatable bonds is 5. The summed E-state index contributed by atoms with van der Waals surface area (Å²) in [6.07, 6.45) is 2.53. The van der Waals surface area contributed by atoms with Crippen molar-refractivity contribution in [2.45, 2.75) is 13.0 Å². The van der Waals surface area contributed by atoms with Gasteiger partial charge in [-0.3, -0.25) is 4.98 Å². The molecule has 0 N–H and O–H groups in total. The first-order chi connectivity index (χ1) is 8.75. The van der Waals surface area contributed by atoms with Gasteiger partial charge in [0, 0.05) is 18.3 Å². The maximum absolute atomic E-state index is 5.98. The van der Waals surface area contributed by atoms with Crippen molar-refractivity contribution in [2.75, 3.05) is 6.61 Å². The van der Waals surface area contributed by atoms with Crippen molar-refractivity contribution in [3.63, 3.8) is 0 Å². The van der Waals surface area contributed by atoms with Crippen LogP contribution in [0.15, 0.2) is 36.5 Å². The van der Waals surface area contributed by atoms with Crippen molar-refractivity contribution in [1.82, 2.24) is 9.97 Å². The molecule has 0 saturated heterocycles. The van der Waals surface area contributed by atoms with Gasteiger partial charge in [0.2, 0.25) is 0 Å². The van der Waals surface area contributed by atoms with Crippen LogP contribution in [0.4, 0.5) is 0 Å². The second-order valence-electron chi connectivity index (χ2n) is 3.69. The van der Waals surface area contributed by atoms with Crippen molar-refractivity contribution in [3.05, 3.63) is 58.1 Å². The molecule has 0 fully saturated rings. The minimum atomic E-state index is 0.353. The van der Waals surface area contributed by atoms with Gasteiger partial charge in [-0.1, -0.05) is 29.3 Å². The third-order valence-corrected chi connectivity index (χ3v) is 2.91. The standard InChI is InChI=1S/C13H12Cl2N2O/c14-11-4-5-13(15)17-12(11)9-18-8-6-10-3-1-2-7-16-10/h1-5,7H,6,8-9H2. The fraction of sp³-hybridized carbons (Fsp3) is 0.231. The summed E-state index contributed by atoms with van der Waals surface area (Å²) in [7, 11) is 0. The number of hydrogen-bond acceptors (Lipinski definition) is 3. The average Bonchev–Trinajstić information content (AvgIpc) is 2.40. The Morgan fingerprint density at radius 1 is 1.11 bits per heavy atom. The summed E-state index contributed by atoms with van der Waals surface area (Å²) >= 11 is 11.8. The van der Waals surface area contributed by atoms with E-state index in [2.05, 4.69) is 9.97 Å². The van der Waals surface area contributed by atoms with Gasteiger partial charge in [0.15, 0.2) is 0 Å². The summed E-state index contributed by atoms with van der Waals surface area (Å²) in [4.78, 5) is 8.32. The lowest BCUT2D eigenvalue weighted by molar-refractivity contribution is 0.120. The molecule has 94 valence electrons. The molecule has 5 heteroatoms. The summed E-state index contributed by atoms with van der Waals surface area (Å²) in [5.74, 6) is 0. The van der Waals surface area contributed by atoms with E-state index in [-0.39, 0.29) is 0 Å². The molecule has 18 heavy (non-hydrogen) atoms. The molecule has 0 aromatic carbocycles. The van der Waals surface area contributed by atoms with E-state index >= 15 is 0 Å². The lowest BCUT2D eigenvalue weighted by atomic mass is 10.3. The van der Waals surface area contributed by atoms with Crippen LogP contribution in [0.5, 0.6) is 0 Å². The lowest BCUT2D eigenvalue weighted by Gasteiger charge is -2.05. The fourth-order valence-corrected chi connectivity index (χ4v) is 1.78. The highest BCUT2D eigenvalue weighted by Crippen LogP contribution is 2.17. The van der Waals surface area contributed by atoms with E-state index in [1.54, 1.807) is 18.3 Å². The Hall–Kier alpha value is -1.16. The first-order valence-electron chi connectivity index (χ1n) is 5.54. The average molecular weight is 283 g/mol. The van der Waals surface area contributed by atoms with Crippen molar-refractivity contribution in [1.29, 1.82) is 0 Å². The molecule has 0 saturated carbocycles. The Balaban J connectivity index is 1.80. The topological polar surface area (TPSA) is 35.0 Å². The number of nitrogens with zero attached hydrogens (tertiary/aromatic N) is 2. The van der Waals surface area contributed by atoms with Crippen LogP contribution in [0.3, 0.4) is 0 Å².